The van der Waals surface area contributed by atoms with Crippen molar-refractivity contribution in [2.24, 2.45) is 0 Å². The second kappa shape index (κ2) is 7.64. The van der Waals surface area contributed by atoms with Crippen LogP contribution in [0.15, 0.2) is 22.8 Å². The summed E-state index contributed by atoms with van der Waals surface area (Å²) in [7, 11) is 0. The van der Waals surface area contributed by atoms with Crippen molar-refractivity contribution in [3.8, 4) is 5.75 Å². The van der Waals surface area contributed by atoms with E-state index in [2.05, 4.69) is 26.3 Å². The summed E-state index contributed by atoms with van der Waals surface area (Å²) in [5.74, 6) is -0.188. The number of anilines is 1. The van der Waals surface area contributed by atoms with E-state index in [0.717, 1.165) is 11.1 Å². The predicted molar refractivity (Wildman–Crippen MR) is 96.8 cm³/mol. The lowest BCUT2D eigenvalue weighted by atomic mass is 9.99. The van der Waals surface area contributed by atoms with Gasteiger partial charge in [-0.15, -0.1) is 0 Å². The Morgan fingerprint density at radius 1 is 1.48 bits per heavy atom. The van der Waals surface area contributed by atoms with Crippen molar-refractivity contribution in [2.75, 3.05) is 5.32 Å². The van der Waals surface area contributed by atoms with Gasteiger partial charge in [0.1, 0.15) is 10.2 Å². The molecule has 0 radical (unpaired) electrons. The molecule has 134 valence electrons. The quantitative estimate of drug-likeness (QED) is 0.428. The first-order valence-corrected chi connectivity index (χ1v) is 8.49. The summed E-state index contributed by atoms with van der Waals surface area (Å²) in [6.45, 7) is 5.93. The van der Waals surface area contributed by atoms with E-state index in [9.17, 15) is 20.0 Å². The number of carbonyl (C=O) groups is 1. The summed E-state index contributed by atoms with van der Waals surface area (Å²) in [5.41, 5.74) is 2.15. The maximum absolute atomic E-state index is 12.2. The lowest BCUT2D eigenvalue weighted by Gasteiger charge is -2.14. The van der Waals surface area contributed by atoms with Gasteiger partial charge in [-0.2, -0.15) is 4.68 Å². The zero-order valence-corrected chi connectivity index (χ0v) is 15.7. The summed E-state index contributed by atoms with van der Waals surface area (Å²) < 4.78 is 1.62. The van der Waals surface area contributed by atoms with E-state index in [4.69, 9.17) is 0 Å². The summed E-state index contributed by atoms with van der Waals surface area (Å²) in [6, 6.07) is 3.39. The van der Waals surface area contributed by atoms with Gasteiger partial charge < -0.3 is 20.5 Å². The number of phenolic OH excluding ortho intramolecular Hbond substituents is 1. The van der Waals surface area contributed by atoms with Gasteiger partial charge in [-0.25, -0.2) is 0 Å². The molecule has 0 bridgehead atoms. The van der Waals surface area contributed by atoms with Crippen molar-refractivity contribution in [1.82, 2.24) is 9.78 Å². The van der Waals surface area contributed by atoms with Crippen LogP contribution >= 0.6 is 15.9 Å². The molecule has 25 heavy (non-hydrogen) atoms. The molecule has 2 N–H and O–H groups in total. The molecule has 9 heteroatoms. The van der Waals surface area contributed by atoms with Crippen molar-refractivity contribution >= 4 is 33.3 Å². The van der Waals surface area contributed by atoms with E-state index >= 15 is 0 Å². The number of aromatic hydroxyl groups is 1. The van der Waals surface area contributed by atoms with Gasteiger partial charge in [0.15, 0.2) is 0 Å². The number of rotatable bonds is 6. The van der Waals surface area contributed by atoms with Gasteiger partial charge in [-0.3, -0.25) is 4.79 Å². The number of hydrogen-bond donors (Lipinski definition) is 2. The molecule has 1 aromatic carbocycles. The SMILES string of the molecule is Cc1cc(O)c(C(C)C)cc1NC(=O)CCn1cc(Br)c([N+](=O)[O-])n1. The fourth-order valence-electron chi connectivity index (χ4n) is 2.36. The van der Waals surface area contributed by atoms with Crippen LogP contribution in [0.4, 0.5) is 11.5 Å². The molecule has 8 nitrogen and oxygen atoms in total. The van der Waals surface area contributed by atoms with Gasteiger partial charge in [-0.1, -0.05) is 13.8 Å². The Kier molecular flexibility index (Phi) is 5.78. The highest BCUT2D eigenvalue weighted by Gasteiger charge is 2.19. The van der Waals surface area contributed by atoms with E-state index in [1.165, 1.54) is 10.9 Å². The van der Waals surface area contributed by atoms with E-state index in [0.29, 0.717) is 5.69 Å². The highest BCUT2D eigenvalue weighted by atomic mass is 79.9. The minimum atomic E-state index is -0.589. The largest absolute Gasteiger partial charge is 0.508 e. The minimum Gasteiger partial charge on any atom is -0.508 e. The van der Waals surface area contributed by atoms with Crippen LogP contribution < -0.4 is 5.32 Å². The Morgan fingerprint density at radius 2 is 2.16 bits per heavy atom. The highest BCUT2D eigenvalue weighted by Crippen LogP contribution is 2.31. The zero-order chi connectivity index (χ0) is 18.7. The second-order valence-electron chi connectivity index (χ2n) is 6.00. The Hall–Kier alpha value is -2.42. The van der Waals surface area contributed by atoms with Crippen LogP contribution in [0, 0.1) is 17.0 Å². The van der Waals surface area contributed by atoms with Gasteiger partial charge in [-0.05, 0) is 57.0 Å². The van der Waals surface area contributed by atoms with Crippen molar-refractivity contribution in [3.63, 3.8) is 0 Å². The van der Waals surface area contributed by atoms with Crippen molar-refractivity contribution in [3.05, 3.63) is 44.0 Å². The standard InChI is InChI=1S/C16H19BrN4O4/c1-9(2)11-7-13(10(3)6-14(11)22)18-15(23)4-5-20-8-12(17)16(19-20)21(24)25/h6-9,22H,4-5H2,1-3H3,(H,18,23). The van der Waals surface area contributed by atoms with Crippen LogP contribution in [0.5, 0.6) is 5.75 Å². The number of nitro groups is 1. The molecule has 0 atom stereocenters. The lowest BCUT2D eigenvalue weighted by molar-refractivity contribution is -0.390. The number of hydrogen-bond acceptors (Lipinski definition) is 5. The average Bonchev–Trinajstić information content (AvgIpc) is 2.89. The topological polar surface area (TPSA) is 110 Å². The van der Waals surface area contributed by atoms with Crippen LogP contribution in [-0.4, -0.2) is 25.7 Å². The summed E-state index contributed by atoms with van der Waals surface area (Å²) >= 11 is 3.07. The first kappa shape index (κ1) is 18.9. The van der Waals surface area contributed by atoms with Crippen LogP contribution in [0.25, 0.3) is 0 Å². The second-order valence-corrected chi connectivity index (χ2v) is 6.85. The first-order chi connectivity index (χ1) is 11.7. The van der Waals surface area contributed by atoms with Gasteiger partial charge in [0.25, 0.3) is 0 Å². The number of carbonyl (C=O) groups excluding carboxylic acids is 1. The van der Waals surface area contributed by atoms with Crippen LogP contribution in [-0.2, 0) is 11.3 Å². The Balaban J connectivity index is 2.04. The number of aryl methyl sites for hydroxylation is 2. The van der Waals surface area contributed by atoms with Crippen molar-refractivity contribution in [1.29, 1.82) is 0 Å². The molecule has 0 unspecified atom stereocenters. The maximum Gasteiger partial charge on any atom is 0.404 e. The van der Waals surface area contributed by atoms with Crippen molar-refractivity contribution in [2.45, 2.75) is 39.7 Å². The molecular formula is C16H19BrN4O4. The summed E-state index contributed by atoms with van der Waals surface area (Å²) in [4.78, 5) is 22.3. The molecule has 1 aromatic heterocycles. The molecular weight excluding hydrogens is 392 g/mol. The molecule has 0 saturated carbocycles. The zero-order valence-electron chi connectivity index (χ0n) is 14.1. The minimum absolute atomic E-state index is 0.114. The number of nitrogens with zero attached hydrogens (tertiary/aromatic N) is 3. The van der Waals surface area contributed by atoms with E-state index < -0.39 is 4.92 Å². The molecule has 0 aliphatic carbocycles. The molecule has 0 saturated heterocycles. The van der Waals surface area contributed by atoms with Crippen molar-refractivity contribution < 1.29 is 14.8 Å². The monoisotopic (exact) mass is 410 g/mol. The Labute approximate surface area is 153 Å². The number of benzene rings is 1. The number of halogens is 1. The third-order valence-corrected chi connectivity index (χ3v) is 4.27. The van der Waals surface area contributed by atoms with E-state index in [1.54, 1.807) is 19.1 Å². The number of nitrogens with one attached hydrogen (secondary N) is 1. The normalized spacial score (nSPS) is 10.9. The van der Waals surface area contributed by atoms with Crippen LogP contribution in [0.1, 0.15) is 37.3 Å². The molecule has 0 aliphatic rings. The first-order valence-electron chi connectivity index (χ1n) is 7.69. The highest BCUT2D eigenvalue weighted by molar-refractivity contribution is 9.10. The summed E-state index contributed by atoms with van der Waals surface area (Å²) in [5, 5.41) is 27.4. The molecule has 1 amide bonds. The van der Waals surface area contributed by atoms with Gasteiger partial charge in [0.05, 0.1) is 17.8 Å². The predicted octanol–water partition coefficient (Wildman–Crippen LogP) is 3.72. The molecule has 2 rings (SSSR count). The smallest absolute Gasteiger partial charge is 0.404 e. The van der Waals surface area contributed by atoms with Gasteiger partial charge in [0.2, 0.25) is 5.91 Å². The lowest BCUT2D eigenvalue weighted by Crippen LogP contribution is -2.15. The van der Waals surface area contributed by atoms with Gasteiger partial charge in [0, 0.05) is 12.1 Å². The molecule has 0 aliphatic heterocycles. The van der Waals surface area contributed by atoms with E-state index in [-0.39, 0.29) is 40.8 Å². The maximum atomic E-state index is 12.2. The Bertz CT molecular complexity index is 817. The molecule has 0 spiro atoms. The number of phenols is 1. The molecule has 0 fully saturated rings. The molecule has 2 aromatic rings. The summed E-state index contributed by atoms with van der Waals surface area (Å²) in [6.07, 6.45) is 1.58. The molecule has 1 heterocycles. The Morgan fingerprint density at radius 3 is 2.72 bits per heavy atom. The fraction of sp³-hybridized carbons (Fsp3) is 0.375. The third kappa shape index (κ3) is 4.56. The average molecular weight is 411 g/mol. The van der Waals surface area contributed by atoms with E-state index in [1.807, 2.05) is 13.8 Å². The van der Waals surface area contributed by atoms with Crippen LogP contribution in [0.2, 0.25) is 0 Å². The fourth-order valence-corrected chi connectivity index (χ4v) is 2.82. The third-order valence-electron chi connectivity index (χ3n) is 3.71. The number of aromatic nitrogens is 2. The van der Waals surface area contributed by atoms with Crippen LogP contribution in [0.3, 0.4) is 0 Å². The van der Waals surface area contributed by atoms with Gasteiger partial charge >= 0.3 is 5.82 Å². The number of amides is 1.